The number of aryl methyl sites for hydroxylation is 1. The number of aromatic nitrogens is 1. The van der Waals surface area contributed by atoms with Crippen molar-refractivity contribution in [3.63, 3.8) is 0 Å². The van der Waals surface area contributed by atoms with E-state index in [0.29, 0.717) is 18.7 Å². The molecule has 1 amide bonds. The largest absolute Gasteiger partial charge is 0.331 e. The van der Waals surface area contributed by atoms with E-state index in [4.69, 9.17) is 0 Å². The van der Waals surface area contributed by atoms with Gasteiger partial charge in [-0.25, -0.2) is 0 Å². The van der Waals surface area contributed by atoms with Gasteiger partial charge in [0.1, 0.15) is 0 Å². The zero-order valence-corrected chi connectivity index (χ0v) is 13.8. The van der Waals surface area contributed by atoms with E-state index in [1.165, 1.54) is 5.56 Å². The highest BCUT2D eigenvalue weighted by molar-refractivity contribution is 6.06. The lowest BCUT2D eigenvalue weighted by Gasteiger charge is -2.23. The maximum Gasteiger partial charge on any atom is 0.255 e. The van der Waals surface area contributed by atoms with Crippen LogP contribution in [-0.2, 0) is 6.54 Å². The topological polar surface area (TPSA) is 33.2 Å². The van der Waals surface area contributed by atoms with Gasteiger partial charge in [0.05, 0.1) is 0 Å². The normalized spacial score (nSPS) is 10.5. The van der Waals surface area contributed by atoms with Crippen molar-refractivity contribution in [2.75, 3.05) is 6.54 Å². The van der Waals surface area contributed by atoms with Gasteiger partial charge in [-0.2, -0.15) is 0 Å². The molecule has 3 nitrogen and oxygen atoms in total. The second-order valence-corrected chi connectivity index (χ2v) is 5.80. The summed E-state index contributed by atoms with van der Waals surface area (Å²) in [6.07, 6.45) is 5.27. The van der Waals surface area contributed by atoms with E-state index >= 15 is 0 Å². The Bertz CT molecular complexity index is 880. The Morgan fingerprint density at radius 3 is 2.79 bits per heavy atom. The van der Waals surface area contributed by atoms with Crippen LogP contribution in [0.25, 0.3) is 10.8 Å². The van der Waals surface area contributed by atoms with E-state index < -0.39 is 0 Å². The third kappa shape index (κ3) is 3.20. The average molecular weight is 316 g/mol. The average Bonchev–Trinajstić information content (AvgIpc) is 2.62. The summed E-state index contributed by atoms with van der Waals surface area (Å²) in [5.74, 6) is 0.00922. The summed E-state index contributed by atoms with van der Waals surface area (Å²) in [6.45, 7) is 6.94. The van der Waals surface area contributed by atoms with E-state index in [1.807, 2.05) is 41.3 Å². The molecule has 0 aliphatic rings. The van der Waals surface area contributed by atoms with Crippen LogP contribution in [0.4, 0.5) is 0 Å². The van der Waals surface area contributed by atoms with Gasteiger partial charge in [-0.1, -0.05) is 42.5 Å². The molecule has 0 aliphatic carbocycles. The van der Waals surface area contributed by atoms with Gasteiger partial charge in [0, 0.05) is 36.4 Å². The number of nitrogens with zero attached hydrogens (tertiary/aromatic N) is 2. The van der Waals surface area contributed by atoms with Gasteiger partial charge in [0.15, 0.2) is 0 Å². The minimum Gasteiger partial charge on any atom is -0.331 e. The molecular formula is C21H20N2O. The van der Waals surface area contributed by atoms with Crippen LogP contribution in [0, 0.1) is 6.92 Å². The Morgan fingerprint density at radius 1 is 1.17 bits per heavy atom. The first-order chi connectivity index (χ1) is 11.7. The summed E-state index contributed by atoms with van der Waals surface area (Å²) in [7, 11) is 0. The number of rotatable bonds is 5. The molecule has 0 N–H and O–H groups in total. The molecule has 3 heteroatoms. The Balaban J connectivity index is 1.97. The maximum atomic E-state index is 13.1. The molecule has 0 fully saturated rings. The summed E-state index contributed by atoms with van der Waals surface area (Å²) >= 11 is 0. The fourth-order valence-corrected chi connectivity index (χ4v) is 2.85. The lowest BCUT2D eigenvalue weighted by molar-refractivity contribution is 0.0764. The van der Waals surface area contributed by atoms with Gasteiger partial charge in [0.25, 0.3) is 5.91 Å². The van der Waals surface area contributed by atoms with Crippen molar-refractivity contribution in [2.45, 2.75) is 13.5 Å². The molecule has 2 aromatic carbocycles. The number of carbonyl (C=O) groups is 1. The number of hydrogen-bond donors (Lipinski definition) is 0. The van der Waals surface area contributed by atoms with Crippen LogP contribution >= 0.6 is 0 Å². The smallest absolute Gasteiger partial charge is 0.255 e. The second-order valence-electron chi connectivity index (χ2n) is 5.80. The number of benzene rings is 2. The molecule has 0 unspecified atom stereocenters. The monoisotopic (exact) mass is 316 g/mol. The highest BCUT2D eigenvalue weighted by Gasteiger charge is 2.18. The van der Waals surface area contributed by atoms with Crippen LogP contribution in [0.15, 0.2) is 73.6 Å². The zero-order valence-electron chi connectivity index (χ0n) is 13.8. The number of fused-ring (bicyclic) bond motifs is 1. The molecule has 0 aliphatic heterocycles. The predicted molar refractivity (Wildman–Crippen MR) is 97.9 cm³/mol. The van der Waals surface area contributed by atoms with Gasteiger partial charge in [0.2, 0.25) is 0 Å². The summed E-state index contributed by atoms with van der Waals surface area (Å²) in [4.78, 5) is 19.1. The molecule has 0 saturated heterocycles. The predicted octanol–water partition coefficient (Wildman–Crippen LogP) is 4.37. The Morgan fingerprint density at radius 2 is 2.00 bits per heavy atom. The molecule has 0 bridgehead atoms. The van der Waals surface area contributed by atoms with Crippen LogP contribution in [0.5, 0.6) is 0 Å². The number of carbonyl (C=O) groups excluding carboxylic acids is 1. The fourth-order valence-electron chi connectivity index (χ4n) is 2.85. The minimum absolute atomic E-state index is 0.00922. The molecule has 0 radical (unpaired) electrons. The highest BCUT2D eigenvalue weighted by Crippen LogP contribution is 2.20. The molecule has 24 heavy (non-hydrogen) atoms. The van der Waals surface area contributed by atoms with Crippen LogP contribution in [0.1, 0.15) is 21.5 Å². The van der Waals surface area contributed by atoms with Crippen molar-refractivity contribution in [3.05, 3.63) is 90.3 Å². The van der Waals surface area contributed by atoms with Crippen molar-refractivity contribution in [1.82, 2.24) is 9.88 Å². The van der Waals surface area contributed by atoms with E-state index in [2.05, 4.69) is 30.6 Å². The van der Waals surface area contributed by atoms with Crippen LogP contribution in [0.2, 0.25) is 0 Å². The van der Waals surface area contributed by atoms with Crippen molar-refractivity contribution in [1.29, 1.82) is 0 Å². The van der Waals surface area contributed by atoms with Crippen LogP contribution in [-0.4, -0.2) is 22.3 Å². The molecule has 0 saturated carbocycles. The standard InChI is InChI=1S/C21H20N2O/c1-3-13-23(15-18-8-5-4-7-16(18)2)21(24)20-10-6-9-17-14-22-12-11-19(17)20/h3-12,14H,1,13,15H2,2H3. The van der Waals surface area contributed by atoms with Crippen molar-refractivity contribution in [2.24, 2.45) is 0 Å². The Kier molecular flexibility index (Phi) is 4.71. The fraction of sp³-hybridized carbons (Fsp3) is 0.143. The minimum atomic E-state index is 0.00922. The van der Waals surface area contributed by atoms with E-state index in [-0.39, 0.29) is 5.91 Å². The Labute approximate surface area is 142 Å². The van der Waals surface area contributed by atoms with E-state index in [1.54, 1.807) is 18.5 Å². The Hall–Kier alpha value is -2.94. The number of amides is 1. The second kappa shape index (κ2) is 7.09. The molecule has 0 spiro atoms. The van der Waals surface area contributed by atoms with Crippen molar-refractivity contribution >= 4 is 16.7 Å². The molecule has 0 atom stereocenters. The molecule has 1 heterocycles. The summed E-state index contributed by atoms with van der Waals surface area (Å²) in [5, 5.41) is 1.90. The highest BCUT2D eigenvalue weighted by atomic mass is 16.2. The molecule has 120 valence electrons. The first kappa shape index (κ1) is 15.9. The first-order valence-corrected chi connectivity index (χ1v) is 7.98. The van der Waals surface area contributed by atoms with E-state index in [0.717, 1.165) is 16.3 Å². The van der Waals surface area contributed by atoms with Gasteiger partial charge >= 0.3 is 0 Å². The third-order valence-corrected chi connectivity index (χ3v) is 4.17. The molecular weight excluding hydrogens is 296 g/mol. The summed E-state index contributed by atoms with van der Waals surface area (Å²) < 4.78 is 0. The van der Waals surface area contributed by atoms with Crippen LogP contribution in [0.3, 0.4) is 0 Å². The molecule has 3 aromatic rings. The number of pyridine rings is 1. The molecule has 1 aromatic heterocycles. The summed E-state index contributed by atoms with van der Waals surface area (Å²) in [6, 6.07) is 15.8. The lowest BCUT2D eigenvalue weighted by atomic mass is 10.0. The van der Waals surface area contributed by atoms with Gasteiger partial charge in [-0.05, 0) is 35.6 Å². The number of hydrogen-bond acceptors (Lipinski definition) is 2. The van der Waals surface area contributed by atoms with Gasteiger partial charge in [-0.15, -0.1) is 6.58 Å². The molecule has 3 rings (SSSR count). The van der Waals surface area contributed by atoms with Crippen LogP contribution < -0.4 is 0 Å². The SMILES string of the molecule is C=CCN(Cc1ccccc1C)C(=O)c1cccc2cnccc12. The van der Waals surface area contributed by atoms with E-state index in [9.17, 15) is 4.79 Å². The lowest BCUT2D eigenvalue weighted by Crippen LogP contribution is -2.31. The van der Waals surface area contributed by atoms with Gasteiger partial charge in [-0.3, -0.25) is 9.78 Å². The quantitative estimate of drug-likeness (QED) is 0.655. The third-order valence-electron chi connectivity index (χ3n) is 4.17. The maximum absolute atomic E-state index is 13.1. The zero-order chi connectivity index (χ0) is 16.9. The van der Waals surface area contributed by atoms with Crippen molar-refractivity contribution < 1.29 is 4.79 Å². The van der Waals surface area contributed by atoms with Crippen molar-refractivity contribution in [3.8, 4) is 0 Å². The summed E-state index contributed by atoms with van der Waals surface area (Å²) in [5.41, 5.74) is 3.03. The first-order valence-electron chi connectivity index (χ1n) is 7.98. The van der Waals surface area contributed by atoms with Gasteiger partial charge < -0.3 is 4.90 Å².